The minimum atomic E-state index is -0.263. The first kappa shape index (κ1) is 19.1. The van der Waals surface area contributed by atoms with Crippen molar-refractivity contribution >= 4 is 39.3 Å². The van der Waals surface area contributed by atoms with Gasteiger partial charge >= 0.3 is 0 Å². The van der Waals surface area contributed by atoms with E-state index in [1.165, 1.54) is 4.68 Å². The van der Waals surface area contributed by atoms with Crippen LogP contribution < -0.4 is 5.56 Å². The SMILES string of the molecule is CCN(C)C(=O)Cc1nn(-c2ccncc2)c(=O)c2c1c1ccc(Cl)cc1n2C. The summed E-state index contributed by atoms with van der Waals surface area (Å²) in [6.45, 7) is 2.51. The van der Waals surface area contributed by atoms with Crippen LogP contribution in [0.1, 0.15) is 12.6 Å². The number of fused-ring (bicyclic) bond motifs is 3. The molecule has 29 heavy (non-hydrogen) atoms. The highest BCUT2D eigenvalue weighted by Crippen LogP contribution is 2.30. The molecular weight excluding hydrogens is 390 g/mol. The second kappa shape index (κ2) is 7.33. The van der Waals surface area contributed by atoms with Crippen molar-refractivity contribution in [1.82, 2.24) is 24.2 Å². The standard InChI is InChI=1S/C21H20ClN5O2/c1-4-25(2)18(28)12-16-19-15-6-5-13(22)11-17(15)26(3)20(19)21(29)27(24-16)14-7-9-23-10-8-14/h5-11H,4,12H2,1-3H3. The molecular formula is C21H20ClN5O2. The number of rotatable bonds is 4. The number of hydrogen-bond acceptors (Lipinski definition) is 4. The monoisotopic (exact) mass is 409 g/mol. The van der Waals surface area contributed by atoms with E-state index < -0.39 is 0 Å². The smallest absolute Gasteiger partial charge is 0.296 e. The number of carbonyl (C=O) groups is 1. The first-order valence-electron chi connectivity index (χ1n) is 9.26. The zero-order valence-electron chi connectivity index (χ0n) is 16.4. The van der Waals surface area contributed by atoms with Gasteiger partial charge in [0.05, 0.1) is 23.3 Å². The first-order chi connectivity index (χ1) is 13.9. The Balaban J connectivity index is 2.09. The Kier molecular flexibility index (Phi) is 4.84. The predicted molar refractivity (Wildman–Crippen MR) is 114 cm³/mol. The van der Waals surface area contributed by atoms with E-state index in [0.29, 0.717) is 33.9 Å². The molecule has 0 saturated heterocycles. The van der Waals surface area contributed by atoms with Crippen LogP contribution in [0.5, 0.6) is 0 Å². The number of halogens is 1. The molecule has 0 aliphatic carbocycles. The Labute approximate surface area is 172 Å². The van der Waals surface area contributed by atoms with E-state index in [0.717, 1.165) is 10.9 Å². The molecule has 148 valence electrons. The van der Waals surface area contributed by atoms with Crippen LogP contribution in [-0.2, 0) is 18.3 Å². The molecule has 0 bridgehead atoms. The lowest BCUT2D eigenvalue weighted by Crippen LogP contribution is -2.30. The fourth-order valence-corrected chi connectivity index (χ4v) is 3.67. The van der Waals surface area contributed by atoms with Crippen LogP contribution in [-0.4, -0.2) is 43.7 Å². The Morgan fingerprint density at radius 3 is 2.62 bits per heavy atom. The summed E-state index contributed by atoms with van der Waals surface area (Å²) in [5, 5.41) is 6.71. The highest BCUT2D eigenvalue weighted by atomic mass is 35.5. The van der Waals surface area contributed by atoms with Crippen molar-refractivity contribution in [2.75, 3.05) is 13.6 Å². The summed E-state index contributed by atoms with van der Waals surface area (Å²) >= 11 is 6.19. The molecule has 0 N–H and O–H groups in total. The molecule has 0 aliphatic heterocycles. The fraction of sp³-hybridized carbons (Fsp3) is 0.238. The maximum Gasteiger partial charge on any atom is 0.296 e. The molecule has 4 aromatic rings. The minimum absolute atomic E-state index is 0.0628. The quantitative estimate of drug-likeness (QED) is 0.519. The van der Waals surface area contributed by atoms with Crippen molar-refractivity contribution < 1.29 is 4.79 Å². The summed E-state index contributed by atoms with van der Waals surface area (Å²) in [5.74, 6) is -0.0628. The van der Waals surface area contributed by atoms with Crippen molar-refractivity contribution in [3.63, 3.8) is 0 Å². The van der Waals surface area contributed by atoms with Gasteiger partial charge in [0.2, 0.25) is 5.91 Å². The lowest BCUT2D eigenvalue weighted by atomic mass is 10.1. The van der Waals surface area contributed by atoms with Crippen LogP contribution in [0.3, 0.4) is 0 Å². The fourth-order valence-electron chi connectivity index (χ4n) is 3.51. The van der Waals surface area contributed by atoms with Gasteiger partial charge in [-0.25, -0.2) is 0 Å². The number of amides is 1. The van der Waals surface area contributed by atoms with E-state index in [2.05, 4.69) is 10.1 Å². The molecule has 0 unspecified atom stereocenters. The maximum atomic E-state index is 13.4. The van der Waals surface area contributed by atoms with Crippen molar-refractivity contribution in [1.29, 1.82) is 0 Å². The number of pyridine rings is 1. The third-order valence-electron chi connectivity index (χ3n) is 5.19. The van der Waals surface area contributed by atoms with Gasteiger partial charge in [-0.2, -0.15) is 9.78 Å². The third-order valence-corrected chi connectivity index (χ3v) is 5.43. The van der Waals surface area contributed by atoms with E-state index in [1.54, 1.807) is 42.5 Å². The highest BCUT2D eigenvalue weighted by molar-refractivity contribution is 6.31. The predicted octanol–water partition coefficient (Wildman–Crippen LogP) is 2.95. The zero-order chi connectivity index (χ0) is 20.7. The van der Waals surface area contributed by atoms with Gasteiger partial charge in [0.15, 0.2) is 0 Å². The Hall–Kier alpha value is -3.19. The number of aromatic nitrogens is 4. The van der Waals surface area contributed by atoms with E-state index in [1.807, 2.05) is 30.7 Å². The van der Waals surface area contributed by atoms with Gasteiger partial charge in [-0.3, -0.25) is 14.6 Å². The van der Waals surface area contributed by atoms with E-state index in [9.17, 15) is 9.59 Å². The first-order valence-corrected chi connectivity index (χ1v) is 9.64. The Morgan fingerprint density at radius 2 is 1.93 bits per heavy atom. The zero-order valence-corrected chi connectivity index (χ0v) is 17.1. The second-order valence-electron chi connectivity index (χ2n) is 6.90. The van der Waals surface area contributed by atoms with Crippen LogP contribution in [0.15, 0.2) is 47.5 Å². The summed E-state index contributed by atoms with van der Waals surface area (Å²) in [6, 6.07) is 8.89. The van der Waals surface area contributed by atoms with Crippen molar-refractivity contribution in [3.05, 3.63) is 63.8 Å². The van der Waals surface area contributed by atoms with Crippen molar-refractivity contribution in [2.45, 2.75) is 13.3 Å². The van der Waals surface area contributed by atoms with E-state index in [4.69, 9.17) is 11.6 Å². The van der Waals surface area contributed by atoms with E-state index in [-0.39, 0.29) is 17.9 Å². The number of nitrogens with zero attached hydrogens (tertiary/aromatic N) is 5. The number of carbonyl (C=O) groups excluding carboxylic acids is 1. The van der Waals surface area contributed by atoms with Crippen LogP contribution in [0, 0.1) is 0 Å². The molecule has 1 amide bonds. The lowest BCUT2D eigenvalue weighted by Gasteiger charge is -2.15. The normalized spacial score (nSPS) is 11.3. The van der Waals surface area contributed by atoms with Crippen LogP contribution in [0.4, 0.5) is 0 Å². The van der Waals surface area contributed by atoms with Crippen molar-refractivity contribution in [3.8, 4) is 5.69 Å². The van der Waals surface area contributed by atoms with Crippen LogP contribution >= 0.6 is 11.6 Å². The largest absolute Gasteiger partial charge is 0.346 e. The van der Waals surface area contributed by atoms with Crippen molar-refractivity contribution in [2.24, 2.45) is 7.05 Å². The molecule has 0 saturated carbocycles. The topological polar surface area (TPSA) is 73.0 Å². The molecule has 0 aliphatic rings. The summed E-state index contributed by atoms with van der Waals surface area (Å²) in [7, 11) is 3.57. The Morgan fingerprint density at radius 1 is 1.21 bits per heavy atom. The van der Waals surface area contributed by atoms with Gasteiger partial charge in [0.1, 0.15) is 5.52 Å². The molecule has 3 aromatic heterocycles. The average molecular weight is 410 g/mol. The number of hydrogen-bond donors (Lipinski definition) is 0. The van der Waals surface area contributed by atoms with Crippen LogP contribution in [0.25, 0.3) is 27.5 Å². The maximum absolute atomic E-state index is 13.4. The second-order valence-corrected chi connectivity index (χ2v) is 7.33. The number of benzene rings is 1. The molecule has 0 spiro atoms. The van der Waals surface area contributed by atoms with Gasteiger partial charge in [-0.1, -0.05) is 17.7 Å². The third kappa shape index (κ3) is 3.17. The molecule has 1 aromatic carbocycles. The summed E-state index contributed by atoms with van der Waals surface area (Å²) < 4.78 is 3.15. The molecule has 3 heterocycles. The van der Waals surface area contributed by atoms with Gasteiger partial charge in [-0.15, -0.1) is 0 Å². The molecule has 0 radical (unpaired) electrons. The lowest BCUT2D eigenvalue weighted by molar-refractivity contribution is -0.129. The van der Waals surface area contributed by atoms with Crippen LogP contribution in [0.2, 0.25) is 5.02 Å². The average Bonchev–Trinajstić information content (AvgIpc) is 3.02. The molecule has 7 nitrogen and oxygen atoms in total. The molecule has 0 fully saturated rings. The van der Waals surface area contributed by atoms with E-state index >= 15 is 0 Å². The summed E-state index contributed by atoms with van der Waals surface area (Å²) in [4.78, 5) is 31.7. The number of likely N-dealkylation sites (N-methyl/N-ethyl adjacent to an activating group) is 1. The highest BCUT2D eigenvalue weighted by Gasteiger charge is 2.22. The molecule has 8 heteroatoms. The van der Waals surface area contributed by atoms with Gasteiger partial charge in [0, 0.05) is 48.8 Å². The molecule has 4 rings (SSSR count). The summed E-state index contributed by atoms with van der Waals surface area (Å²) in [5.41, 5.74) is 2.18. The summed E-state index contributed by atoms with van der Waals surface area (Å²) in [6.07, 6.45) is 3.29. The number of aryl methyl sites for hydroxylation is 1. The minimum Gasteiger partial charge on any atom is -0.346 e. The van der Waals surface area contributed by atoms with Gasteiger partial charge < -0.3 is 9.47 Å². The van der Waals surface area contributed by atoms with Gasteiger partial charge in [-0.05, 0) is 31.2 Å². The Bertz CT molecular complexity index is 1290. The molecule has 0 atom stereocenters. The van der Waals surface area contributed by atoms with Gasteiger partial charge in [0.25, 0.3) is 5.56 Å².